The molecule has 15 heteroatoms. The van der Waals surface area contributed by atoms with Gasteiger partial charge in [0.15, 0.2) is 0 Å². The molecule has 5 rings (SSSR count). The van der Waals surface area contributed by atoms with Gasteiger partial charge in [0.1, 0.15) is 0 Å². The number of benzene rings is 3. The molecule has 1 fully saturated rings. The summed E-state index contributed by atoms with van der Waals surface area (Å²) in [4.78, 5) is 64.4. The van der Waals surface area contributed by atoms with E-state index in [2.05, 4.69) is 10.3 Å². The number of alkyl halides is 3. The number of halogens is 5. The van der Waals surface area contributed by atoms with Crippen LogP contribution in [0.4, 0.5) is 13.2 Å². The number of carbonyl (C=O) groups is 4. The molecule has 54 heavy (non-hydrogen) atoms. The largest absolute Gasteiger partial charge is 0.416 e. The van der Waals surface area contributed by atoms with E-state index >= 15 is 0 Å². The minimum Gasteiger partial charge on any atom is -0.351 e. The molecule has 286 valence electrons. The van der Waals surface area contributed by atoms with Crippen LogP contribution in [0.5, 0.6) is 0 Å². The summed E-state index contributed by atoms with van der Waals surface area (Å²) in [5, 5.41) is 6.51. The Labute approximate surface area is 326 Å². The number of carbonyl (C=O) groups excluding carboxylic acids is 4. The van der Waals surface area contributed by atoms with Crippen LogP contribution in [0, 0.1) is 6.92 Å². The zero-order valence-corrected chi connectivity index (χ0v) is 31.9. The molecular formula is C39H40Cl2F3N5O4S. The van der Waals surface area contributed by atoms with Crippen molar-refractivity contribution in [1.29, 1.82) is 0 Å². The highest BCUT2D eigenvalue weighted by Crippen LogP contribution is 2.30. The Bertz CT molecular complexity index is 1940. The van der Waals surface area contributed by atoms with Crippen molar-refractivity contribution in [2.24, 2.45) is 0 Å². The molecule has 0 spiro atoms. The van der Waals surface area contributed by atoms with Crippen LogP contribution in [0.25, 0.3) is 0 Å². The second kappa shape index (κ2) is 18.7. The third-order valence-corrected chi connectivity index (χ3v) is 10.5. The van der Waals surface area contributed by atoms with Crippen LogP contribution in [0.3, 0.4) is 0 Å². The van der Waals surface area contributed by atoms with E-state index in [1.165, 1.54) is 38.2 Å². The number of aryl methyl sites for hydroxylation is 1. The number of amides is 4. The van der Waals surface area contributed by atoms with Gasteiger partial charge in [0.05, 0.1) is 35.9 Å². The number of hydrogen-bond acceptors (Lipinski definition) is 6. The van der Waals surface area contributed by atoms with Gasteiger partial charge in [-0.1, -0.05) is 77.8 Å². The van der Waals surface area contributed by atoms with Crippen molar-refractivity contribution in [2.75, 3.05) is 39.3 Å². The zero-order chi connectivity index (χ0) is 38.8. The van der Waals surface area contributed by atoms with Crippen molar-refractivity contribution >= 4 is 58.2 Å². The van der Waals surface area contributed by atoms with E-state index in [-0.39, 0.29) is 52.0 Å². The summed E-state index contributed by atoms with van der Waals surface area (Å²) in [6.45, 7) is 0.849. The maximum Gasteiger partial charge on any atom is 0.416 e. The normalized spacial score (nSPS) is 16.6. The van der Waals surface area contributed by atoms with Crippen LogP contribution in [-0.4, -0.2) is 88.6 Å². The highest BCUT2D eigenvalue weighted by atomic mass is 35.5. The molecule has 1 aromatic heterocycles. The summed E-state index contributed by atoms with van der Waals surface area (Å²) >= 11 is 14.0. The van der Waals surface area contributed by atoms with Gasteiger partial charge < -0.3 is 20.0 Å². The van der Waals surface area contributed by atoms with Crippen LogP contribution in [0.2, 0.25) is 10.0 Å². The van der Waals surface area contributed by atoms with E-state index in [9.17, 15) is 32.3 Å². The van der Waals surface area contributed by atoms with Crippen LogP contribution < -0.4 is 5.32 Å². The quantitative estimate of drug-likeness (QED) is 0.189. The smallest absolute Gasteiger partial charge is 0.351 e. The average molecular weight is 803 g/mol. The first-order valence-corrected chi connectivity index (χ1v) is 19.0. The van der Waals surface area contributed by atoms with Gasteiger partial charge in [-0.3, -0.25) is 19.2 Å². The van der Waals surface area contributed by atoms with Gasteiger partial charge >= 0.3 is 6.18 Å². The molecule has 1 aliphatic rings. The van der Waals surface area contributed by atoms with Crippen molar-refractivity contribution in [3.63, 3.8) is 0 Å². The fourth-order valence-electron chi connectivity index (χ4n) is 6.18. The Kier molecular flexibility index (Phi) is 14.1. The van der Waals surface area contributed by atoms with Gasteiger partial charge in [-0.15, -0.1) is 11.3 Å². The van der Waals surface area contributed by atoms with Gasteiger partial charge in [0.25, 0.3) is 0 Å². The number of hydrogen-bond donors (Lipinski definition) is 1. The molecule has 1 atom stereocenters. The van der Waals surface area contributed by atoms with Crippen LogP contribution in [-0.2, 0) is 51.0 Å². The first-order valence-electron chi connectivity index (χ1n) is 17.4. The Morgan fingerprint density at radius 2 is 1.43 bits per heavy atom. The standard InChI is InChI=1S/C39H40Cl2F3N5O4S/c1-26-45-32(25-54-26)14-17-49-24-37(52)47(16-13-29-10-11-31(40)20-34(29)41)22-35(50)46-33(19-27-6-3-2-4-7-27)21-36(51)48(23-38(49)53)15-12-28-8-5-9-30(18-28)39(42,43)44/h2-11,18,20,25,33H,12-17,19,21-24H2,1H3,(H,46,50)/t33-/m0/s1. The molecule has 0 unspecified atom stereocenters. The molecular weight excluding hydrogens is 762 g/mol. The summed E-state index contributed by atoms with van der Waals surface area (Å²) in [5.41, 5.74) is 1.82. The Hall–Kier alpha value is -4.46. The highest BCUT2D eigenvalue weighted by Gasteiger charge is 2.32. The van der Waals surface area contributed by atoms with Crippen molar-refractivity contribution in [3.05, 3.63) is 121 Å². The van der Waals surface area contributed by atoms with Crippen molar-refractivity contribution < 1.29 is 32.3 Å². The SMILES string of the molecule is Cc1nc(CCN2CC(=O)N(CCc3ccc(Cl)cc3Cl)CC(=O)N[C@@H](Cc3ccccc3)CC(=O)N(CCc3cccc(C(F)(F)F)c3)CC2=O)cs1. The van der Waals surface area contributed by atoms with Crippen molar-refractivity contribution in [1.82, 2.24) is 25.0 Å². The second-order valence-electron chi connectivity index (χ2n) is 13.1. The fourth-order valence-corrected chi connectivity index (χ4v) is 7.33. The molecule has 2 heterocycles. The number of rotatable bonds is 11. The van der Waals surface area contributed by atoms with E-state index in [4.69, 9.17) is 23.2 Å². The molecule has 0 aliphatic carbocycles. The van der Waals surface area contributed by atoms with Crippen LogP contribution >= 0.6 is 34.5 Å². The molecule has 0 saturated carbocycles. The average Bonchev–Trinajstić information content (AvgIpc) is 3.55. The monoisotopic (exact) mass is 801 g/mol. The highest BCUT2D eigenvalue weighted by molar-refractivity contribution is 7.09. The lowest BCUT2D eigenvalue weighted by Gasteiger charge is -2.29. The molecule has 9 nitrogen and oxygen atoms in total. The minimum absolute atomic E-state index is 0.0384. The molecule has 1 N–H and O–H groups in total. The predicted molar refractivity (Wildman–Crippen MR) is 202 cm³/mol. The van der Waals surface area contributed by atoms with E-state index < -0.39 is 48.0 Å². The maximum atomic E-state index is 14.1. The zero-order valence-electron chi connectivity index (χ0n) is 29.6. The molecule has 0 radical (unpaired) electrons. The molecule has 1 aliphatic heterocycles. The van der Waals surface area contributed by atoms with Gasteiger partial charge in [-0.05, 0) is 61.1 Å². The maximum absolute atomic E-state index is 14.1. The lowest BCUT2D eigenvalue weighted by Crippen LogP contribution is -2.49. The molecule has 4 aromatic rings. The Balaban J connectivity index is 1.45. The van der Waals surface area contributed by atoms with Crippen LogP contribution in [0.15, 0.2) is 78.2 Å². The van der Waals surface area contributed by atoms with E-state index in [0.717, 1.165) is 28.4 Å². The van der Waals surface area contributed by atoms with Gasteiger partial charge in [0, 0.05) is 53.9 Å². The van der Waals surface area contributed by atoms with E-state index in [0.29, 0.717) is 34.0 Å². The van der Waals surface area contributed by atoms with Gasteiger partial charge in [-0.25, -0.2) is 4.98 Å². The fraction of sp³-hybridized carbons (Fsp3) is 0.359. The second-order valence-corrected chi connectivity index (χ2v) is 15.1. The van der Waals surface area contributed by atoms with Gasteiger partial charge in [0.2, 0.25) is 23.6 Å². The third-order valence-electron chi connectivity index (χ3n) is 9.05. The lowest BCUT2D eigenvalue weighted by molar-refractivity contribution is -0.144. The topological polar surface area (TPSA) is 103 Å². The summed E-state index contributed by atoms with van der Waals surface area (Å²) in [6.07, 6.45) is -3.78. The Morgan fingerprint density at radius 3 is 2.09 bits per heavy atom. The summed E-state index contributed by atoms with van der Waals surface area (Å²) in [6, 6.07) is 18.4. The first-order chi connectivity index (χ1) is 25.7. The Morgan fingerprint density at radius 1 is 0.778 bits per heavy atom. The number of thiazole rings is 1. The number of nitrogens with zero attached hydrogens (tertiary/aromatic N) is 4. The molecule has 3 aromatic carbocycles. The molecule has 4 amide bonds. The van der Waals surface area contributed by atoms with E-state index in [1.54, 1.807) is 18.2 Å². The summed E-state index contributed by atoms with van der Waals surface area (Å²) in [7, 11) is 0. The lowest BCUT2D eigenvalue weighted by atomic mass is 10.0. The predicted octanol–water partition coefficient (Wildman–Crippen LogP) is 6.42. The first kappa shape index (κ1) is 40.7. The van der Waals surface area contributed by atoms with Crippen LogP contribution in [0.1, 0.15) is 39.4 Å². The molecule has 0 bridgehead atoms. The van der Waals surface area contributed by atoms with Crippen molar-refractivity contribution in [2.45, 2.75) is 51.2 Å². The molecule has 1 saturated heterocycles. The minimum atomic E-state index is -4.55. The number of aromatic nitrogens is 1. The van der Waals surface area contributed by atoms with Crippen molar-refractivity contribution in [3.8, 4) is 0 Å². The number of nitrogens with one attached hydrogen (secondary N) is 1. The summed E-state index contributed by atoms with van der Waals surface area (Å²) < 4.78 is 40.5. The summed E-state index contributed by atoms with van der Waals surface area (Å²) in [5.74, 6) is -1.97. The van der Waals surface area contributed by atoms with Gasteiger partial charge in [-0.2, -0.15) is 13.2 Å². The third kappa shape index (κ3) is 12.0. The van der Waals surface area contributed by atoms with E-state index in [1.807, 2.05) is 42.6 Å².